The monoisotopic (exact) mass is 515 g/mol. The number of rotatable bonds is 5. The van der Waals surface area contributed by atoms with Crippen molar-refractivity contribution in [2.24, 2.45) is 0 Å². The summed E-state index contributed by atoms with van der Waals surface area (Å²) in [5.74, 6) is 1.61. The fourth-order valence-electron chi connectivity index (χ4n) is 3.94. The molecule has 0 aliphatic heterocycles. The van der Waals surface area contributed by atoms with Crippen LogP contribution in [-0.4, -0.2) is 42.1 Å². The van der Waals surface area contributed by atoms with E-state index in [1.54, 1.807) is 0 Å². The Balaban J connectivity index is 1.38. The molecule has 0 bridgehead atoms. The Morgan fingerprint density at radius 1 is 0.967 bits per heavy atom. The molecule has 0 atom stereocenters. The molecule has 0 saturated heterocycles. The Kier molecular flexibility index (Phi) is 6.36. The van der Waals surface area contributed by atoms with Crippen LogP contribution >= 0.6 is 22.6 Å². The van der Waals surface area contributed by atoms with Crippen molar-refractivity contribution in [3.05, 3.63) is 57.7 Å². The number of hydrogen-bond acceptors (Lipinski definition) is 5. The summed E-state index contributed by atoms with van der Waals surface area (Å²) in [5.41, 5.74) is 1.69. The van der Waals surface area contributed by atoms with E-state index in [1.807, 2.05) is 61.5 Å². The number of para-hydroxylation sites is 1. The van der Waals surface area contributed by atoms with E-state index in [2.05, 4.69) is 39.3 Å². The van der Waals surface area contributed by atoms with Gasteiger partial charge in [0.25, 0.3) is 5.91 Å². The number of aromatic nitrogens is 2. The molecule has 1 aliphatic carbocycles. The topological polar surface area (TPSA) is 70.2 Å². The van der Waals surface area contributed by atoms with Crippen LogP contribution < -0.4 is 15.5 Å². The number of carbonyl (C=O) groups excluding carboxylic acids is 1. The third-order valence-electron chi connectivity index (χ3n) is 5.52. The van der Waals surface area contributed by atoms with Crippen LogP contribution in [0.15, 0.2) is 48.5 Å². The van der Waals surface area contributed by atoms with Gasteiger partial charge in [-0.1, -0.05) is 24.3 Å². The van der Waals surface area contributed by atoms with Gasteiger partial charge >= 0.3 is 0 Å². The molecule has 0 spiro atoms. The van der Waals surface area contributed by atoms with E-state index in [0.717, 1.165) is 51.5 Å². The molecule has 2 aromatic carbocycles. The molecule has 1 amide bonds. The highest BCUT2D eigenvalue weighted by Gasteiger charge is 2.24. The van der Waals surface area contributed by atoms with Gasteiger partial charge < -0.3 is 15.5 Å². The van der Waals surface area contributed by atoms with Gasteiger partial charge in [-0.15, -0.1) is 0 Å². The van der Waals surface area contributed by atoms with Crippen molar-refractivity contribution in [3.8, 4) is 0 Å². The summed E-state index contributed by atoms with van der Waals surface area (Å²) >= 11 is 2.21. The average molecular weight is 515 g/mol. The highest BCUT2D eigenvalue weighted by Crippen LogP contribution is 2.26. The third kappa shape index (κ3) is 4.66. The molecule has 30 heavy (non-hydrogen) atoms. The summed E-state index contributed by atoms with van der Waals surface area (Å²) < 4.78 is 0.980. The maximum atomic E-state index is 12.6. The Morgan fingerprint density at radius 3 is 2.37 bits per heavy atom. The molecule has 4 rings (SSSR count). The summed E-state index contributed by atoms with van der Waals surface area (Å²) in [5, 5.41) is 7.77. The summed E-state index contributed by atoms with van der Waals surface area (Å²) in [6.07, 6.45) is 3.84. The lowest BCUT2D eigenvalue weighted by atomic mass is 9.91. The molecule has 1 fully saturated rings. The zero-order valence-corrected chi connectivity index (χ0v) is 19.4. The zero-order chi connectivity index (χ0) is 21.1. The van der Waals surface area contributed by atoms with Crippen LogP contribution in [0.5, 0.6) is 0 Å². The highest BCUT2D eigenvalue weighted by molar-refractivity contribution is 14.1. The molecular weight excluding hydrogens is 489 g/mol. The minimum absolute atomic E-state index is 0.0184. The normalized spacial score (nSPS) is 18.8. The third-order valence-corrected chi connectivity index (χ3v) is 6.46. The van der Waals surface area contributed by atoms with Crippen molar-refractivity contribution in [1.82, 2.24) is 15.3 Å². The molecule has 1 saturated carbocycles. The lowest BCUT2D eigenvalue weighted by molar-refractivity contribution is 0.0925. The number of benzene rings is 2. The second kappa shape index (κ2) is 9.16. The van der Waals surface area contributed by atoms with Crippen LogP contribution in [0.4, 0.5) is 11.8 Å². The number of fused-ring (bicyclic) bond motifs is 1. The van der Waals surface area contributed by atoms with Crippen LogP contribution in [0, 0.1) is 3.57 Å². The van der Waals surface area contributed by atoms with Gasteiger partial charge in [0, 0.05) is 35.1 Å². The number of hydrogen-bond donors (Lipinski definition) is 2. The average Bonchev–Trinajstić information content (AvgIpc) is 2.74. The van der Waals surface area contributed by atoms with Crippen molar-refractivity contribution >= 4 is 51.2 Å². The van der Waals surface area contributed by atoms with E-state index in [0.29, 0.717) is 12.0 Å². The van der Waals surface area contributed by atoms with Gasteiger partial charge in [-0.25, -0.2) is 4.98 Å². The Hall–Kier alpha value is -2.42. The van der Waals surface area contributed by atoms with E-state index in [1.165, 1.54) is 0 Å². The van der Waals surface area contributed by atoms with E-state index in [-0.39, 0.29) is 11.9 Å². The molecular formula is C23H26IN5O. The highest BCUT2D eigenvalue weighted by atomic mass is 127. The first-order valence-corrected chi connectivity index (χ1v) is 11.3. The molecule has 7 heteroatoms. The summed E-state index contributed by atoms with van der Waals surface area (Å²) in [4.78, 5) is 24.1. The van der Waals surface area contributed by atoms with Gasteiger partial charge in [0.05, 0.1) is 11.1 Å². The molecule has 1 aliphatic rings. The number of nitrogens with one attached hydrogen (secondary N) is 2. The first-order valence-electron chi connectivity index (χ1n) is 10.3. The standard InChI is InChI=1S/C23H26IN5O/c1-29(2)21-18-8-4-6-10-20(18)27-23(28-21)26-16-13-11-15(12-14-16)25-22(30)17-7-3-5-9-19(17)24/h3-10,15-16H,11-14H2,1-2H3,(H,25,30)(H,26,27,28). The van der Waals surface area contributed by atoms with Crippen molar-refractivity contribution in [3.63, 3.8) is 0 Å². The molecule has 1 aromatic heterocycles. The minimum Gasteiger partial charge on any atom is -0.362 e. The van der Waals surface area contributed by atoms with Gasteiger partial charge in [0.15, 0.2) is 0 Å². The SMILES string of the molecule is CN(C)c1nc(NC2CCC(NC(=O)c3ccccc3I)CC2)nc2ccccc12. The second-order valence-corrected chi connectivity index (χ2v) is 9.09. The van der Waals surface area contributed by atoms with Gasteiger partial charge in [-0.2, -0.15) is 4.98 Å². The molecule has 156 valence electrons. The largest absolute Gasteiger partial charge is 0.362 e. The van der Waals surface area contributed by atoms with Crippen molar-refractivity contribution in [2.45, 2.75) is 37.8 Å². The lowest BCUT2D eigenvalue weighted by Crippen LogP contribution is -2.40. The number of carbonyl (C=O) groups is 1. The molecule has 2 N–H and O–H groups in total. The van der Waals surface area contributed by atoms with Gasteiger partial charge in [-0.3, -0.25) is 4.79 Å². The van der Waals surface area contributed by atoms with Crippen molar-refractivity contribution in [2.75, 3.05) is 24.3 Å². The molecule has 0 radical (unpaired) electrons. The first-order chi connectivity index (χ1) is 14.5. The summed E-state index contributed by atoms with van der Waals surface area (Å²) in [6, 6.07) is 16.3. The fourth-order valence-corrected chi connectivity index (χ4v) is 4.57. The van der Waals surface area contributed by atoms with Crippen LogP contribution in [0.1, 0.15) is 36.0 Å². The van der Waals surface area contributed by atoms with E-state index >= 15 is 0 Å². The second-order valence-electron chi connectivity index (χ2n) is 7.93. The number of nitrogens with zero attached hydrogens (tertiary/aromatic N) is 3. The van der Waals surface area contributed by atoms with Gasteiger partial charge in [0.2, 0.25) is 5.95 Å². The van der Waals surface area contributed by atoms with Crippen LogP contribution in [0.3, 0.4) is 0 Å². The maximum Gasteiger partial charge on any atom is 0.252 e. The van der Waals surface area contributed by atoms with E-state index in [9.17, 15) is 4.79 Å². The Bertz CT molecular complexity index is 1050. The van der Waals surface area contributed by atoms with Gasteiger partial charge in [-0.05, 0) is 72.5 Å². The first kappa shape index (κ1) is 20.8. The van der Waals surface area contributed by atoms with E-state index < -0.39 is 0 Å². The van der Waals surface area contributed by atoms with Crippen molar-refractivity contribution in [1.29, 1.82) is 0 Å². The molecule has 3 aromatic rings. The number of anilines is 2. The molecule has 1 heterocycles. The lowest BCUT2D eigenvalue weighted by Gasteiger charge is -2.30. The van der Waals surface area contributed by atoms with Gasteiger partial charge in [0.1, 0.15) is 5.82 Å². The summed E-state index contributed by atoms with van der Waals surface area (Å²) in [6.45, 7) is 0. The van der Waals surface area contributed by atoms with Crippen molar-refractivity contribution < 1.29 is 4.79 Å². The Morgan fingerprint density at radius 2 is 1.63 bits per heavy atom. The predicted octanol–water partition coefficient (Wildman–Crippen LogP) is 4.45. The maximum absolute atomic E-state index is 12.6. The zero-order valence-electron chi connectivity index (χ0n) is 17.2. The Labute approximate surface area is 190 Å². The quantitative estimate of drug-likeness (QED) is 0.492. The predicted molar refractivity (Wildman–Crippen MR) is 130 cm³/mol. The minimum atomic E-state index is 0.0184. The molecule has 6 nitrogen and oxygen atoms in total. The number of amides is 1. The van der Waals surface area contributed by atoms with E-state index in [4.69, 9.17) is 9.97 Å². The van der Waals surface area contributed by atoms with Crippen LogP contribution in [0.25, 0.3) is 10.9 Å². The fraction of sp³-hybridized carbons (Fsp3) is 0.348. The number of halogens is 1. The smallest absolute Gasteiger partial charge is 0.252 e. The summed E-state index contributed by atoms with van der Waals surface area (Å²) in [7, 11) is 4.00. The molecule has 0 unspecified atom stereocenters. The van der Waals surface area contributed by atoms with Crippen LogP contribution in [-0.2, 0) is 0 Å². The van der Waals surface area contributed by atoms with Crippen LogP contribution in [0.2, 0.25) is 0 Å².